The summed E-state index contributed by atoms with van der Waals surface area (Å²) in [5, 5.41) is 18.6. The van der Waals surface area contributed by atoms with Gasteiger partial charge in [-0.05, 0) is 29.8 Å². The van der Waals surface area contributed by atoms with Crippen LogP contribution in [0.4, 0.5) is 17.6 Å². The third-order valence-electron chi connectivity index (χ3n) is 3.15. The second-order valence-corrected chi connectivity index (χ2v) is 4.80. The van der Waals surface area contributed by atoms with Crippen LogP contribution in [-0.2, 0) is 0 Å². The molecule has 0 aliphatic carbocycles. The average molecular weight is 345 g/mol. The highest BCUT2D eigenvalue weighted by molar-refractivity contribution is 5.88. The van der Waals surface area contributed by atoms with Crippen molar-refractivity contribution in [3.63, 3.8) is 0 Å². The highest BCUT2D eigenvalue weighted by Crippen LogP contribution is 2.32. The first-order chi connectivity index (χ1) is 11.1. The van der Waals surface area contributed by atoms with Gasteiger partial charge < -0.3 is 20.7 Å². The molecule has 0 heterocycles. The zero-order valence-electron chi connectivity index (χ0n) is 11.8. The Labute approximate surface area is 132 Å². The second kappa shape index (κ2) is 6.36. The summed E-state index contributed by atoms with van der Waals surface area (Å²) in [7, 11) is 0. The zero-order chi connectivity index (χ0) is 18.1. The summed E-state index contributed by atoms with van der Waals surface area (Å²) in [6.45, 7) is 0. The number of aromatic carboxylic acids is 1. The molecule has 0 aliphatic heterocycles. The third-order valence-corrected chi connectivity index (χ3v) is 3.15. The van der Waals surface area contributed by atoms with Gasteiger partial charge in [0.05, 0.1) is 11.6 Å². The van der Waals surface area contributed by atoms with Crippen LogP contribution in [0.2, 0.25) is 0 Å². The standard InChI is InChI=1S/C15H11F4NO4/c16-11-6-8(14(22)23)5-10(13(11)21)12(20)7-1-3-9(4-2-7)24-15(17,18)19/h1-6,12,21H,20H2,(H,22,23)/t12-/m1/s1. The minimum atomic E-state index is -4.85. The van der Waals surface area contributed by atoms with Gasteiger partial charge in [0, 0.05) is 5.56 Å². The Morgan fingerprint density at radius 2 is 1.75 bits per heavy atom. The molecule has 0 unspecified atom stereocenters. The van der Waals surface area contributed by atoms with Gasteiger partial charge in [-0.3, -0.25) is 0 Å². The SMILES string of the molecule is N[C@H](c1ccc(OC(F)(F)F)cc1)c1cc(C(=O)O)cc(F)c1O. The molecular formula is C15H11F4NO4. The molecule has 0 fully saturated rings. The number of rotatable bonds is 4. The van der Waals surface area contributed by atoms with Crippen molar-refractivity contribution in [2.45, 2.75) is 12.4 Å². The molecule has 0 saturated carbocycles. The minimum Gasteiger partial charge on any atom is -0.505 e. The highest BCUT2D eigenvalue weighted by atomic mass is 19.4. The van der Waals surface area contributed by atoms with Crippen LogP contribution in [0.5, 0.6) is 11.5 Å². The van der Waals surface area contributed by atoms with E-state index in [0.29, 0.717) is 6.07 Å². The van der Waals surface area contributed by atoms with Gasteiger partial charge in [0.1, 0.15) is 5.75 Å². The molecule has 24 heavy (non-hydrogen) atoms. The first-order valence-electron chi connectivity index (χ1n) is 6.45. The highest BCUT2D eigenvalue weighted by Gasteiger charge is 2.31. The number of phenolic OH excluding ortho intramolecular Hbond substituents is 1. The maximum Gasteiger partial charge on any atom is 0.573 e. The summed E-state index contributed by atoms with van der Waals surface area (Å²) >= 11 is 0. The first-order valence-corrected chi connectivity index (χ1v) is 6.45. The number of alkyl halides is 3. The van der Waals surface area contributed by atoms with Gasteiger partial charge in [0.25, 0.3) is 0 Å². The Balaban J connectivity index is 2.35. The molecule has 0 saturated heterocycles. The van der Waals surface area contributed by atoms with Crippen molar-refractivity contribution in [3.05, 3.63) is 58.9 Å². The maximum atomic E-state index is 13.6. The lowest BCUT2D eigenvalue weighted by molar-refractivity contribution is -0.274. The summed E-state index contributed by atoms with van der Waals surface area (Å²) in [6, 6.07) is 4.85. The number of ether oxygens (including phenoxy) is 1. The number of aromatic hydroxyl groups is 1. The van der Waals surface area contributed by atoms with Crippen molar-refractivity contribution in [3.8, 4) is 11.5 Å². The topological polar surface area (TPSA) is 92.8 Å². The Bertz CT molecular complexity index is 759. The van der Waals surface area contributed by atoms with E-state index in [9.17, 15) is 27.5 Å². The van der Waals surface area contributed by atoms with E-state index < -0.39 is 41.3 Å². The van der Waals surface area contributed by atoms with Crippen LogP contribution in [0.1, 0.15) is 27.5 Å². The Kier molecular flexibility index (Phi) is 4.65. The van der Waals surface area contributed by atoms with Crippen molar-refractivity contribution in [1.82, 2.24) is 0 Å². The Morgan fingerprint density at radius 1 is 1.17 bits per heavy atom. The molecule has 0 radical (unpaired) electrons. The van der Waals surface area contributed by atoms with Crippen molar-refractivity contribution in [1.29, 1.82) is 0 Å². The van der Waals surface area contributed by atoms with Gasteiger partial charge in [0.2, 0.25) is 0 Å². The molecule has 2 rings (SSSR count). The summed E-state index contributed by atoms with van der Waals surface area (Å²) in [4.78, 5) is 10.9. The van der Waals surface area contributed by atoms with Gasteiger partial charge in [-0.1, -0.05) is 12.1 Å². The minimum absolute atomic E-state index is 0.211. The average Bonchev–Trinajstić information content (AvgIpc) is 2.48. The molecular weight excluding hydrogens is 334 g/mol. The molecule has 0 amide bonds. The Morgan fingerprint density at radius 3 is 2.25 bits per heavy atom. The number of hydrogen-bond acceptors (Lipinski definition) is 4. The number of carbonyl (C=O) groups is 1. The predicted octanol–water partition coefficient (Wildman–Crippen LogP) is 3.18. The quantitative estimate of drug-likeness (QED) is 0.740. The molecule has 2 aromatic carbocycles. The number of halogens is 4. The number of nitrogens with two attached hydrogens (primary N) is 1. The van der Waals surface area contributed by atoms with Crippen LogP contribution in [0.3, 0.4) is 0 Å². The summed E-state index contributed by atoms with van der Waals surface area (Å²) < 4.78 is 53.6. The van der Waals surface area contributed by atoms with Crippen LogP contribution in [0.25, 0.3) is 0 Å². The number of carboxylic acids is 1. The fourth-order valence-corrected chi connectivity index (χ4v) is 2.04. The van der Waals surface area contributed by atoms with Crippen molar-refractivity contribution < 1.29 is 37.3 Å². The maximum absolute atomic E-state index is 13.6. The number of benzene rings is 2. The number of phenols is 1. The molecule has 5 nitrogen and oxygen atoms in total. The molecule has 0 aliphatic rings. The van der Waals surface area contributed by atoms with Crippen LogP contribution >= 0.6 is 0 Å². The Hall–Kier alpha value is -2.81. The first kappa shape index (κ1) is 17.5. The number of carboxylic acid groups (broad SMARTS) is 1. The van der Waals surface area contributed by atoms with Gasteiger partial charge in [0.15, 0.2) is 11.6 Å². The molecule has 9 heteroatoms. The van der Waals surface area contributed by atoms with E-state index in [2.05, 4.69) is 4.74 Å². The van der Waals surface area contributed by atoms with Crippen LogP contribution in [-0.4, -0.2) is 22.5 Å². The normalized spacial score (nSPS) is 12.7. The molecule has 0 aromatic heterocycles. The van der Waals surface area contributed by atoms with Gasteiger partial charge >= 0.3 is 12.3 Å². The summed E-state index contributed by atoms with van der Waals surface area (Å²) in [5.41, 5.74) is 5.44. The molecule has 0 bridgehead atoms. The monoisotopic (exact) mass is 345 g/mol. The molecule has 2 aromatic rings. The van der Waals surface area contributed by atoms with E-state index in [0.717, 1.165) is 18.2 Å². The van der Waals surface area contributed by atoms with Gasteiger partial charge in [-0.15, -0.1) is 13.2 Å². The van der Waals surface area contributed by atoms with Gasteiger partial charge in [-0.2, -0.15) is 0 Å². The van der Waals surface area contributed by atoms with Crippen molar-refractivity contribution in [2.24, 2.45) is 5.73 Å². The fourth-order valence-electron chi connectivity index (χ4n) is 2.04. The van der Waals surface area contributed by atoms with E-state index in [1.807, 2.05) is 0 Å². The zero-order valence-corrected chi connectivity index (χ0v) is 11.8. The number of hydrogen-bond donors (Lipinski definition) is 3. The summed E-state index contributed by atoms with van der Waals surface area (Å²) in [5.74, 6) is -3.90. The third kappa shape index (κ3) is 3.93. The smallest absolute Gasteiger partial charge is 0.505 e. The molecule has 4 N–H and O–H groups in total. The van der Waals surface area contributed by atoms with E-state index in [1.54, 1.807) is 0 Å². The van der Waals surface area contributed by atoms with Crippen LogP contribution in [0, 0.1) is 5.82 Å². The van der Waals surface area contributed by atoms with Crippen LogP contribution < -0.4 is 10.5 Å². The molecule has 128 valence electrons. The van der Waals surface area contributed by atoms with E-state index >= 15 is 0 Å². The summed E-state index contributed by atoms with van der Waals surface area (Å²) in [6.07, 6.45) is -4.85. The fraction of sp³-hybridized carbons (Fsp3) is 0.133. The lowest BCUT2D eigenvalue weighted by Crippen LogP contribution is -2.17. The molecule has 0 spiro atoms. The predicted molar refractivity (Wildman–Crippen MR) is 74.2 cm³/mol. The molecule has 1 atom stereocenters. The largest absolute Gasteiger partial charge is 0.573 e. The van der Waals surface area contributed by atoms with Gasteiger partial charge in [-0.25, -0.2) is 9.18 Å². The van der Waals surface area contributed by atoms with E-state index in [-0.39, 0.29) is 11.1 Å². The van der Waals surface area contributed by atoms with Crippen molar-refractivity contribution >= 4 is 5.97 Å². The lowest BCUT2D eigenvalue weighted by Gasteiger charge is -2.16. The second-order valence-electron chi connectivity index (χ2n) is 4.80. The van der Waals surface area contributed by atoms with E-state index in [1.165, 1.54) is 12.1 Å². The van der Waals surface area contributed by atoms with Crippen molar-refractivity contribution in [2.75, 3.05) is 0 Å². The lowest BCUT2D eigenvalue weighted by atomic mass is 9.96. The van der Waals surface area contributed by atoms with E-state index in [4.69, 9.17) is 10.8 Å². The van der Waals surface area contributed by atoms with Crippen LogP contribution in [0.15, 0.2) is 36.4 Å².